The average molecular weight is 290 g/mol. The Kier molecular flexibility index (Phi) is 13.3. The molecule has 0 atom stereocenters. The Morgan fingerprint density at radius 1 is 0.684 bits per heavy atom. The van der Waals surface area contributed by atoms with Crippen molar-refractivity contribution in [3.8, 4) is 0 Å². The minimum absolute atomic E-state index is 0.347. The molecular formula is C16H35O2P. The maximum atomic E-state index is 12.2. The van der Waals surface area contributed by atoms with E-state index < -0.39 is 7.14 Å². The first kappa shape index (κ1) is 19.2. The Hall–Kier alpha value is 0.190. The first-order chi connectivity index (χ1) is 9.18. The molecule has 0 aromatic rings. The van der Waals surface area contributed by atoms with Crippen LogP contribution in [-0.4, -0.2) is 30.2 Å². The highest BCUT2D eigenvalue weighted by atomic mass is 31.2. The highest BCUT2D eigenvalue weighted by Gasteiger charge is 2.15. The molecule has 0 aliphatic rings. The number of unbranched alkanes of at least 4 members (excludes halogenated alkanes) is 9. The average Bonchev–Trinajstić information content (AvgIpc) is 2.44. The zero-order valence-corrected chi connectivity index (χ0v) is 14.1. The summed E-state index contributed by atoms with van der Waals surface area (Å²) < 4.78 is 12.2. The van der Waals surface area contributed by atoms with E-state index >= 15 is 0 Å². The molecule has 116 valence electrons. The Morgan fingerprint density at radius 3 is 1.42 bits per heavy atom. The molecule has 0 unspecified atom stereocenters. The van der Waals surface area contributed by atoms with Crippen LogP contribution in [0, 0.1) is 0 Å². The Balaban J connectivity index is 3.21. The maximum absolute atomic E-state index is 12.2. The molecule has 0 aromatic heterocycles. The minimum atomic E-state index is -1.78. The Labute approximate surface area is 120 Å². The van der Waals surface area contributed by atoms with Crippen molar-refractivity contribution in [3.63, 3.8) is 0 Å². The monoisotopic (exact) mass is 290 g/mol. The molecule has 0 amide bonds. The van der Waals surface area contributed by atoms with Crippen LogP contribution in [0.1, 0.15) is 78.1 Å². The van der Waals surface area contributed by atoms with Gasteiger partial charge in [0.15, 0.2) is 0 Å². The van der Waals surface area contributed by atoms with E-state index in [1.54, 1.807) is 0 Å². The highest BCUT2D eigenvalue weighted by Crippen LogP contribution is 2.45. The van der Waals surface area contributed by atoms with Gasteiger partial charge in [0.25, 0.3) is 0 Å². The number of hydrogen-bond acceptors (Lipinski definition) is 2. The van der Waals surface area contributed by atoms with Gasteiger partial charge in [0.1, 0.15) is 0 Å². The lowest BCUT2D eigenvalue weighted by molar-refractivity contribution is 0.282. The number of aliphatic hydroxyl groups excluding tert-OH is 1. The third-order valence-corrected chi connectivity index (χ3v) is 7.56. The molecule has 0 saturated carbocycles. The van der Waals surface area contributed by atoms with Crippen molar-refractivity contribution < 1.29 is 9.67 Å². The van der Waals surface area contributed by atoms with Crippen LogP contribution in [0.3, 0.4) is 0 Å². The molecule has 3 heteroatoms. The Bertz CT molecular complexity index is 221. The van der Waals surface area contributed by atoms with Crippen LogP contribution in [0.15, 0.2) is 0 Å². The summed E-state index contributed by atoms with van der Waals surface area (Å²) in [4.78, 5) is 0. The minimum Gasteiger partial charge on any atom is -0.396 e. The molecule has 2 nitrogen and oxygen atoms in total. The van der Waals surface area contributed by atoms with E-state index in [0.29, 0.717) is 6.61 Å². The molecule has 19 heavy (non-hydrogen) atoms. The van der Waals surface area contributed by atoms with Crippen molar-refractivity contribution >= 4 is 7.14 Å². The van der Waals surface area contributed by atoms with Crippen LogP contribution in [0.2, 0.25) is 0 Å². The third-order valence-electron chi connectivity index (χ3n) is 4.13. The fraction of sp³-hybridized carbons (Fsp3) is 1.00. The van der Waals surface area contributed by atoms with E-state index in [2.05, 4.69) is 13.8 Å². The zero-order chi connectivity index (χ0) is 14.4. The van der Waals surface area contributed by atoms with Crippen LogP contribution in [-0.2, 0) is 4.57 Å². The molecule has 0 rings (SSSR count). The van der Waals surface area contributed by atoms with Crippen molar-refractivity contribution in [3.05, 3.63) is 0 Å². The van der Waals surface area contributed by atoms with E-state index in [0.717, 1.165) is 31.3 Å². The van der Waals surface area contributed by atoms with Gasteiger partial charge in [0, 0.05) is 12.8 Å². The predicted octanol–water partition coefficient (Wildman–Crippen LogP) is 5.28. The van der Waals surface area contributed by atoms with Gasteiger partial charge in [0.2, 0.25) is 0 Å². The van der Waals surface area contributed by atoms with Crippen molar-refractivity contribution in [1.29, 1.82) is 0 Å². The maximum Gasteiger partial charge on any atom is 0.0872 e. The van der Waals surface area contributed by atoms with E-state index in [-0.39, 0.29) is 0 Å². The summed E-state index contributed by atoms with van der Waals surface area (Å²) in [5, 5.41) is 8.66. The first-order valence-electron chi connectivity index (χ1n) is 8.36. The zero-order valence-electron chi connectivity index (χ0n) is 13.2. The molecule has 0 fully saturated rings. The second-order valence-electron chi connectivity index (χ2n) is 5.67. The summed E-state index contributed by atoms with van der Waals surface area (Å²) in [7, 11) is -1.78. The second kappa shape index (κ2) is 13.2. The van der Waals surface area contributed by atoms with Crippen LogP contribution in [0.25, 0.3) is 0 Å². The quantitative estimate of drug-likeness (QED) is 0.349. The largest absolute Gasteiger partial charge is 0.396 e. The highest BCUT2D eigenvalue weighted by molar-refractivity contribution is 7.63. The van der Waals surface area contributed by atoms with Gasteiger partial charge in [-0.1, -0.05) is 65.2 Å². The molecular weight excluding hydrogens is 255 g/mol. The fourth-order valence-electron chi connectivity index (χ4n) is 2.47. The predicted molar refractivity (Wildman–Crippen MR) is 86.8 cm³/mol. The summed E-state index contributed by atoms with van der Waals surface area (Å²) >= 11 is 0. The summed E-state index contributed by atoms with van der Waals surface area (Å²) in [6.45, 7) is 4.49. The summed E-state index contributed by atoms with van der Waals surface area (Å²) in [5.41, 5.74) is 0. The fourth-order valence-corrected chi connectivity index (χ4v) is 4.35. The lowest BCUT2D eigenvalue weighted by Crippen LogP contribution is -1.95. The molecule has 0 radical (unpaired) electrons. The molecule has 0 aliphatic carbocycles. The van der Waals surface area contributed by atoms with Crippen LogP contribution in [0.5, 0.6) is 0 Å². The lowest BCUT2D eigenvalue weighted by atomic mass is 10.1. The smallest absolute Gasteiger partial charge is 0.0872 e. The topological polar surface area (TPSA) is 37.3 Å². The van der Waals surface area contributed by atoms with Gasteiger partial charge >= 0.3 is 0 Å². The molecule has 0 heterocycles. The van der Waals surface area contributed by atoms with Crippen molar-refractivity contribution in [2.24, 2.45) is 0 Å². The normalized spacial score (nSPS) is 11.9. The van der Waals surface area contributed by atoms with Crippen LogP contribution in [0.4, 0.5) is 0 Å². The van der Waals surface area contributed by atoms with Crippen LogP contribution >= 0.6 is 7.14 Å². The van der Waals surface area contributed by atoms with Gasteiger partial charge in [-0.3, -0.25) is 0 Å². The molecule has 0 bridgehead atoms. The lowest BCUT2D eigenvalue weighted by Gasteiger charge is -2.13. The SMILES string of the molecule is CCP(=O)(CC)CCCCCCCCCCCCO. The molecule has 1 N–H and O–H groups in total. The van der Waals surface area contributed by atoms with Gasteiger partial charge in [0.05, 0.1) is 7.14 Å². The molecule has 0 saturated heterocycles. The van der Waals surface area contributed by atoms with E-state index in [1.807, 2.05) is 0 Å². The number of rotatable bonds is 14. The van der Waals surface area contributed by atoms with Gasteiger partial charge in [-0.05, 0) is 25.2 Å². The summed E-state index contributed by atoms with van der Waals surface area (Å²) in [5.74, 6) is 0. The van der Waals surface area contributed by atoms with E-state index in [4.69, 9.17) is 5.11 Å². The first-order valence-corrected chi connectivity index (χ1v) is 10.6. The van der Waals surface area contributed by atoms with Gasteiger partial charge < -0.3 is 9.67 Å². The van der Waals surface area contributed by atoms with Crippen molar-refractivity contribution in [1.82, 2.24) is 0 Å². The molecule has 0 aromatic carbocycles. The number of aliphatic hydroxyl groups is 1. The van der Waals surface area contributed by atoms with Crippen molar-refractivity contribution in [2.45, 2.75) is 78.1 Å². The van der Waals surface area contributed by atoms with Gasteiger partial charge in [-0.15, -0.1) is 0 Å². The second-order valence-corrected chi connectivity index (χ2v) is 9.50. The summed E-state index contributed by atoms with van der Waals surface area (Å²) in [6.07, 6.45) is 15.2. The van der Waals surface area contributed by atoms with Crippen LogP contribution < -0.4 is 0 Å². The molecule has 0 aliphatic heterocycles. The Morgan fingerprint density at radius 2 is 1.05 bits per heavy atom. The van der Waals surface area contributed by atoms with Gasteiger partial charge in [-0.2, -0.15) is 0 Å². The van der Waals surface area contributed by atoms with Gasteiger partial charge in [-0.25, -0.2) is 0 Å². The third kappa shape index (κ3) is 11.7. The van der Waals surface area contributed by atoms with E-state index in [1.165, 1.54) is 51.4 Å². The summed E-state index contributed by atoms with van der Waals surface area (Å²) in [6, 6.07) is 0. The molecule has 0 spiro atoms. The van der Waals surface area contributed by atoms with E-state index in [9.17, 15) is 4.57 Å². The number of hydrogen-bond donors (Lipinski definition) is 1. The van der Waals surface area contributed by atoms with Crippen molar-refractivity contribution in [2.75, 3.05) is 25.1 Å². The standard InChI is InChI=1S/C16H35O2P/c1-3-19(18,4-2)16-14-12-10-8-6-5-7-9-11-13-15-17/h17H,3-16H2,1-2H3.